The second-order valence-corrected chi connectivity index (χ2v) is 20.3. The van der Waals surface area contributed by atoms with Crippen molar-refractivity contribution in [1.82, 2.24) is 0 Å². The summed E-state index contributed by atoms with van der Waals surface area (Å²) < 4.78 is 6.42. The topological polar surface area (TPSA) is 26.3 Å². The van der Waals surface area contributed by atoms with Crippen LogP contribution in [0.3, 0.4) is 0 Å². The number of unbranched alkanes of at least 4 members (excludes halogenated alkanes) is 12. The van der Waals surface area contributed by atoms with E-state index in [4.69, 9.17) is 4.74 Å². The predicted molar refractivity (Wildman–Crippen MR) is 209 cm³/mol. The highest BCUT2D eigenvalue weighted by molar-refractivity contribution is 5.69. The van der Waals surface area contributed by atoms with E-state index in [9.17, 15) is 4.79 Å². The maximum absolute atomic E-state index is 13.2. The first kappa shape index (κ1) is 39.4. The SMILES string of the molecule is C=C(C)C(C)CCC(C)C1CCC2(C)C3CCC4C(C)(C)C(OC(=O)CCCCCCCCCCCCCCC)CCC45CC35CCC12C. The van der Waals surface area contributed by atoms with Gasteiger partial charge in [0.2, 0.25) is 0 Å². The van der Waals surface area contributed by atoms with Gasteiger partial charge in [0.1, 0.15) is 6.10 Å². The summed E-state index contributed by atoms with van der Waals surface area (Å²) in [6.45, 7) is 24.2. The van der Waals surface area contributed by atoms with E-state index in [1.165, 1.54) is 147 Å². The molecule has 5 fully saturated rings. The molecule has 0 bridgehead atoms. The van der Waals surface area contributed by atoms with Crippen molar-refractivity contribution in [2.75, 3.05) is 0 Å². The third-order valence-corrected chi connectivity index (χ3v) is 17.5. The second kappa shape index (κ2) is 16.1. The Morgan fingerprint density at radius 3 is 1.88 bits per heavy atom. The quantitative estimate of drug-likeness (QED) is 0.0728. The molecule has 0 saturated heterocycles. The van der Waals surface area contributed by atoms with Gasteiger partial charge < -0.3 is 4.74 Å². The van der Waals surface area contributed by atoms with Gasteiger partial charge in [-0.3, -0.25) is 4.79 Å². The maximum atomic E-state index is 13.2. The molecule has 0 aromatic rings. The number of carbonyl (C=O) groups excluding carboxylic acids is 1. The van der Waals surface area contributed by atoms with Crippen molar-refractivity contribution in [2.24, 2.45) is 56.7 Å². The number of fused-ring (bicyclic) bond motifs is 2. The fourth-order valence-corrected chi connectivity index (χ4v) is 14.0. The number of ether oxygens (including phenoxy) is 1. The number of esters is 1. The third kappa shape index (κ3) is 7.53. The summed E-state index contributed by atoms with van der Waals surface area (Å²) >= 11 is 0. The minimum absolute atomic E-state index is 0.0843. The molecule has 2 nitrogen and oxygen atoms in total. The normalized spacial score (nSPS) is 38.4. The molecule has 5 aliphatic carbocycles. The Labute approximate surface area is 305 Å². The summed E-state index contributed by atoms with van der Waals surface area (Å²) in [5.74, 6) is 4.04. The van der Waals surface area contributed by atoms with Crippen molar-refractivity contribution in [2.45, 2.75) is 222 Å². The summed E-state index contributed by atoms with van der Waals surface area (Å²) in [6, 6.07) is 0. The Kier molecular flexibility index (Phi) is 12.9. The van der Waals surface area contributed by atoms with E-state index in [1.807, 2.05) is 0 Å². The highest BCUT2D eigenvalue weighted by Crippen LogP contribution is 2.89. The molecule has 49 heavy (non-hydrogen) atoms. The van der Waals surface area contributed by atoms with Gasteiger partial charge in [0.15, 0.2) is 0 Å². The zero-order chi connectivity index (χ0) is 35.5. The zero-order valence-corrected chi connectivity index (χ0v) is 34.2. The van der Waals surface area contributed by atoms with E-state index in [0.717, 1.165) is 30.6 Å². The van der Waals surface area contributed by atoms with Crippen LogP contribution >= 0.6 is 0 Å². The molecule has 0 amide bonds. The molecule has 0 aliphatic heterocycles. The van der Waals surface area contributed by atoms with Gasteiger partial charge >= 0.3 is 5.97 Å². The van der Waals surface area contributed by atoms with Crippen LogP contribution in [0.2, 0.25) is 0 Å². The number of carbonyl (C=O) groups is 1. The summed E-state index contributed by atoms with van der Waals surface area (Å²) in [7, 11) is 0. The summed E-state index contributed by atoms with van der Waals surface area (Å²) in [5, 5.41) is 0. The number of hydrogen-bond donors (Lipinski definition) is 0. The minimum Gasteiger partial charge on any atom is -0.462 e. The van der Waals surface area contributed by atoms with Gasteiger partial charge in [-0.05, 0) is 135 Å². The third-order valence-electron chi connectivity index (χ3n) is 17.5. The monoisotopic (exact) mass is 679 g/mol. The van der Waals surface area contributed by atoms with Crippen molar-refractivity contribution in [3.63, 3.8) is 0 Å². The van der Waals surface area contributed by atoms with Crippen LogP contribution in [-0.2, 0) is 9.53 Å². The molecule has 2 heteroatoms. The standard InChI is InChI=1S/C47H82O2/c1-10-11-12-13-14-15-16-17-18-19-20-21-22-23-42(48)49-41-29-31-46-34-47(46)33-32-44(8)38(37(5)25-24-36(4)35(2)3)28-30-45(44,9)40(47)27-26-39(46)43(41,6)7/h36-41H,2,10-34H2,1,3-9H3. The summed E-state index contributed by atoms with van der Waals surface area (Å²) in [5.41, 5.74) is 3.50. The predicted octanol–water partition coefficient (Wildman–Crippen LogP) is 14.4. The lowest BCUT2D eigenvalue weighted by molar-refractivity contribution is -0.183. The second-order valence-electron chi connectivity index (χ2n) is 20.3. The Morgan fingerprint density at radius 1 is 0.694 bits per heavy atom. The molecular weight excluding hydrogens is 597 g/mol. The van der Waals surface area contributed by atoms with E-state index < -0.39 is 0 Å². The molecule has 10 unspecified atom stereocenters. The molecule has 5 rings (SSSR count). The van der Waals surface area contributed by atoms with Crippen molar-refractivity contribution < 1.29 is 9.53 Å². The lowest BCUT2D eigenvalue weighted by Gasteiger charge is -2.63. The average Bonchev–Trinajstić information content (AvgIpc) is 3.64. The van der Waals surface area contributed by atoms with E-state index >= 15 is 0 Å². The molecule has 0 radical (unpaired) electrons. The fraction of sp³-hybridized carbons (Fsp3) is 0.936. The Balaban J connectivity index is 1.07. The lowest BCUT2D eigenvalue weighted by atomic mass is 9.41. The van der Waals surface area contributed by atoms with E-state index in [2.05, 4.69) is 62.0 Å². The summed E-state index contributed by atoms with van der Waals surface area (Å²) in [4.78, 5) is 13.2. The first-order chi connectivity index (χ1) is 23.3. The van der Waals surface area contributed by atoms with E-state index in [-0.39, 0.29) is 17.5 Å². The molecule has 282 valence electrons. The highest BCUT2D eigenvalue weighted by atomic mass is 16.5. The Bertz CT molecular complexity index is 1110. The van der Waals surface area contributed by atoms with Gasteiger partial charge in [-0.15, -0.1) is 0 Å². The highest BCUT2D eigenvalue weighted by Gasteiger charge is 2.82. The van der Waals surface area contributed by atoms with Crippen LogP contribution in [-0.4, -0.2) is 12.1 Å². The molecule has 0 aromatic heterocycles. The van der Waals surface area contributed by atoms with Crippen molar-refractivity contribution in [1.29, 1.82) is 0 Å². The smallest absolute Gasteiger partial charge is 0.306 e. The van der Waals surface area contributed by atoms with Crippen LogP contribution < -0.4 is 0 Å². The Hall–Kier alpha value is -0.790. The van der Waals surface area contributed by atoms with Crippen LogP contribution in [0.4, 0.5) is 0 Å². The molecule has 0 heterocycles. The molecule has 5 aliphatic rings. The zero-order valence-electron chi connectivity index (χ0n) is 34.2. The average molecular weight is 679 g/mol. The van der Waals surface area contributed by atoms with E-state index in [0.29, 0.717) is 39.9 Å². The molecular formula is C47H82O2. The van der Waals surface area contributed by atoms with E-state index in [1.54, 1.807) is 0 Å². The van der Waals surface area contributed by atoms with Gasteiger partial charge in [0, 0.05) is 11.8 Å². The maximum Gasteiger partial charge on any atom is 0.306 e. The van der Waals surface area contributed by atoms with Gasteiger partial charge in [-0.25, -0.2) is 0 Å². The fourth-order valence-electron chi connectivity index (χ4n) is 14.0. The van der Waals surface area contributed by atoms with Crippen LogP contribution in [0.1, 0.15) is 216 Å². The molecule has 2 spiro atoms. The first-order valence-electron chi connectivity index (χ1n) is 22.1. The minimum atomic E-state index is 0.0843. The number of rotatable bonds is 20. The van der Waals surface area contributed by atoms with Crippen LogP contribution in [0.15, 0.2) is 12.2 Å². The molecule has 0 N–H and O–H groups in total. The number of hydrogen-bond acceptors (Lipinski definition) is 2. The molecule has 5 saturated carbocycles. The largest absolute Gasteiger partial charge is 0.462 e. The summed E-state index contributed by atoms with van der Waals surface area (Å²) in [6.07, 6.45) is 33.3. The Morgan fingerprint density at radius 2 is 1.27 bits per heavy atom. The number of allylic oxidation sites excluding steroid dienone is 1. The van der Waals surface area contributed by atoms with Crippen LogP contribution in [0, 0.1) is 56.7 Å². The van der Waals surface area contributed by atoms with Crippen molar-refractivity contribution in [3.8, 4) is 0 Å². The van der Waals surface area contributed by atoms with Crippen molar-refractivity contribution in [3.05, 3.63) is 12.2 Å². The van der Waals surface area contributed by atoms with Gasteiger partial charge in [-0.1, -0.05) is 138 Å². The van der Waals surface area contributed by atoms with Crippen LogP contribution in [0.5, 0.6) is 0 Å². The molecule has 0 aromatic carbocycles. The van der Waals surface area contributed by atoms with Gasteiger partial charge in [-0.2, -0.15) is 0 Å². The molecule has 10 atom stereocenters. The van der Waals surface area contributed by atoms with Gasteiger partial charge in [0.05, 0.1) is 0 Å². The van der Waals surface area contributed by atoms with Crippen molar-refractivity contribution >= 4 is 5.97 Å². The van der Waals surface area contributed by atoms with Crippen LogP contribution in [0.25, 0.3) is 0 Å². The first-order valence-corrected chi connectivity index (χ1v) is 22.1. The lowest BCUT2D eigenvalue weighted by Crippen LogP contribution is -2.58. The van der Waals surface area contributed by atoms with Gasteiger partial charge in [0.25, 0.3) is 0 Å².